The number of methoxy groups -OCH3 is 1. The molecule has 19 heavy (non-hydrogen) atoms. The van der Waals surface area contributed by atoms with E-state index in [1.165, 1.54) is 7.11 Å². The van der Waals surface area contributed by atoms with E-state index >= 15 is 0 Å². The van der Waals surface area contributed by atoms with Gasteiger partial charge in [-0.2, -0.15) is 0 Å². The number of nitrogens with one attached hydrogen (secondary N) is 1. The highest BCUT2D eigenvalue weighted by molar-refractivity contribution is 5.31. The summed E-state index contributed by atoms with van der Waals surface area (Å²) in [5.74, 6) is 0.647. The van der Waals surface area contributed by atoms with E-state index in [-0.39, 0.29) is 11.9 Å². The minimum absolute atomic E-state index is 0.184. The Morgan fingerprint density at radius 1 is 1.42 bits per heavy atom. The van der Waals surface area contributed by atoms with Crippen molar-refractivity contribution in [1.82, 2.24) is 5.32 Å². The molecule has 1 heterocycles. The zero-order valence-corrected chi connectivity index (χ0v) is 11.6. The molecule has 106 valence electrons. The van der Waals surface area contributed by atoms with Crippen molar-refractivity contribution in [3.63, 3.8) is 0 Å². The topological polar surface area (TPSA) is 30.5 Å². The van der Waals surface area contributed by atoms with Gasteiger partial charge < -0.3 is 14.8 Å². The summed E-state index contributed by atoms with van der Waals surface area (Å²) in [4.78, 5) is 0. The van der Waals surface area contributed by atoms with Crippen LogP contribution in [0.5, 0.6) is 5.75 Å². The summed E-state index contributed by atoms with van der Waals surface area (Å²) < 4.78 is 24.1. The smallest absolute Gasteiger partial charge is 0.165 e. The molecule has 1 fully saturated rings. The van der Waals surface area contributed by atoms with Gasteiger partial charge in [-0.15, -0.1) is 0 Å². The van der Waals surface area contributed by atoms with E-state index in [2.05, 4.69) is 5.32 Å². The maximum absolute atomic E-state index is 13.8. The van der Waals surface area contributed by atoms with Crippen LogP contribution in [0.3, 0.4) is 0 Å². The number of benzene rings is 1. The lowest BCUT2D eigenvalue weighted by atomic mass is 9.89. The summed E-state index contributed by atoms with van der Waals surface area (Å²) in [5.41, 5.74) is 0.979. The Morgan fingerprint density at radius 3 is 2.74 bits per heavy atom. The Bertz CT molecular complexity index is 405. The van der Waals surface area contributed by atoms with Crippen LogP contribution in [0, 0.1) is 11.7 Å². The third-order valence-corrected chi connectivity index (χ3v) is 3.84. The molecule has 0 aliphatic carbocycles. The molecule has 1 aromatic carbocycles. The van der Waals surface area contributed by atoms with Crippen LogP contribution in [0.15, 0.2) is 18.2 Å². The van der Waals surface area contributed by atoms with Crippen LogP contribution >= 0.6 is 0 Å². The highest BCUT2D eigenvalue weighted by atomic mass is 19.1. The van der Waals surface area contributed by atoms with Gasteiger partial charge in [0, 0.05) is 19.3 Å². The lowest BCUT2D eigenvalue weighted by molar-refractivity contribution is 0.0608. The molecule has 1 aromatic rings. The van der Waals surface area contributed by atoms with Crippen molar-refractivity contribution in [2.75, 3.05) is 27.4 Å². The normalized spacial score (nSPS) is 18.3. The summed E-state index contributed by atoms with van der Waals surface area (Å²) in [7, 11) is 3.40. The molecular formula is C15H22FNO2. The Hall–Kier alpha value is -1.13. The fraction of sp³-hybridized carbons (Fsp3) is 0.600. The first-order valence-corrected chi connectivity index (χ1v) is 6.83. The largest absolute Gasteiger partial charge is 0.494 e. The van der Waals surface area contributed by atoms with Gasteiger partial charge in [-0.25, -0.2) is 4.39 Å². The lowest BCUT2D eigenvalue weighted by Crippen LogP contribution is -2.24. The summed E-state index contributed by atoms with van der Waals surface area (Å²) >= 11 is 0. The molecule has 0 saturated carbocycles. The minimum atomic E-state index is -0.299. The summed E-state index contributed by atoms with van der Waals surface area (Å²) in [6.07, 6.45) is 3.21. The van der Waals surface area contributed by atoms with Crippen LogP contribution in [0.4, 0.5) is 4.39 Å². The quantitative estimate of drug-likeness (QED) is 0.889. The van der Waals surface area contributed by atoms with E-state index in [9.17, 15) is 4.39 Å². The van der Waals surface area contributed by atoms with Crippen molar-refractivity contribution in [2.24, 2.45) is 5.92 Å². The molecule has 1 aliphatic rings. The zero-order valence-electron chi connectivity index (χ0n) is 11.6. The molecule has 0 spiro atoms. The molecule has 1 unspecified atom stereocenters. The van der Waals surface area contributed by atoms with E-state index < -0.39 is 0 Å². The standard InChI is InChI=1S/C15H22FNO2/c1-17-14(9-11-5-7-19-8-6-11)12-3-4-15(18-2)13(16)10-12/h3-4,10-11,14,17H,5-9H2,1-2H3. The maximum Gasteiger partial charge on any atom is 0.165 e. The van der Waals surface area contributed by atoms with Gasteiger partial charge >= 0.3 is 0 Å². The molecule has 1 saturated heterocycles. The second-order valence-corrected chi connectivity index (χ2v) is 5.03. The molecule has 3 nitrogen and oxygen atoms in total. The van der Waals surface area contributed by atoms with E-state index in [0.29, 0.717) is 11.7 Å². The third-order valence-electron chi connectivity index (χ3n) is 3.84. The van der Waals surface area contributed by atoms with Crippen LogP contribution < -0.4 is 10.1 Å². The van der Waals surface area contributed by atoms with Crippen molar-refractivity contribution in [1.29, 1.82) is 0 Å². The first kappa shape index (κ1) is 14.3. The maximum atomic E-state index is 13.8. The number of halogens is 1. The molecule has 1 atom stereocenters. The number of rotatable bonds is 5. The van der Waals surface area contributed by atoms with Crippen LogP contribution in [-0.4, -0.2) is 27.4 Å². The molecule has 2 rings (SSSR count). The molecular weight excluding hydrogens is 245 g/mol. The van der Waals surface area contributed by atoms with E-state index in [0.717, 1.165) is 38.0 Å². The van der Waals surface area contributed by atoms with E-state index in [1.807, 2.05) is 13.1 Å². The molecule has 0 amide bonds. The first-order chi connectivity index (χ1) is 9.24. The first-order valence-electron chi connectivity index (χ1n) is 6.83. The fourth-order valence-electron chi connectivity index (χ4n) is 2.64. The number of ether oxygens (including phenoxy) is 2. The Balaban J connectivity index is 2.05. The second-order valence-electron chi connectivity index (χ2n) is 5.03. The lowest BCUT2D eigenvalue weighted by Gasteiger charge is -2.27. The average Bonchev–Trinajstić information content (AvgIpc) is 2.46. The van der Waals surface area contributed by atoms with Crippen molar-refractivity contribution in [3.05, 3.63) is 29.6 Å². The Morgan fingerprint density at radius 2 is 2.16 bits per heavy atom. The van der Waals surface area contributed by atoms with Gasteiger partial charge in [0.2, 0.25) is 0 Å². The number of hydrogen-bond acceptors (Lipinski definition) is 3. The Kier molecular flexibility index (Phi) is 5.16. The SMILES string of the molecule is CNC(CC1CCOCC1)c1ccc(OC)c(F)c1. The number of hydrogen-bond donors (Lipinski definition) is 1. The predicted molar refractivity (Wildman–Crippen MR) is 72.9 cm³/mol. The fourth-order valence-corrected chi connectivity index (χ4v) is 2.64. The minimum Gasteiger partial charge on any atom is -0.494 e. The highest BCUT2D eigenvalue weighted by Crippen LogP contribution is 2.29. The van der Waals surface area contributed by atoms with Gasteiger partial charge in [0.15, 0.2) is 11.6 Å². The average molecular weight is 267 g/mol. The van der Waals surface area contributed by atoms with E-state index in [4.69, 9.17) is 9.47 Å². The summed E-state index contributed by atoms with van der Waals surface area (Å²) in [6.45, 7) is 1.69. The molecule has 0 radical (unpaired) electrons. The Labute approximate surface area is 114 Å². The molecule has 0 aromatic heterocycles. The van der Waals surface area contributed by atoms with Crippen molar-refractivity contribution >= 4 is 0 Å². The third kappa shape index (κ3) is 3.67. The van der Waals surface area contributed by atoms with Crippen LogP contribution in [-0.2, 0) is 4.74 Å². The molecule has 1 N–H and O–H groups in total. The van der Waals surface area contributed by atoms with Gasteiger partial charge in [0.25, 0.3) is 0 Å². The summed E-state index contributed by atoms with van der Waals surface area (Å²) in [6, 6.07) is 5.38. The molecule has 1 aliphatic heterocycles. The van der Waals surface area contributed by atoms with Crippen LogP contribution in [0.2, 0.25) is 0 Å². The van der Waals surface area contributed by atoms with Gasteiger partial charge in [0.1, 0.15) is 0 Å². The van der Waals surface area contributed by atoms with Crippen molar-refractivity contribution in [2.45, 2.75) is 25.3 Å². The predicted octanol–water partition coefficient (Wildman–Crippen LogP) is 2.91. The van der Waals surface area contributed by atoms with Gasteiger partial charge in [-0.3, -0.25) is 0 Å². The van der Waals surface area contributed by atoms with Crippen molar-refractivity contribution in [3.8, 4) is 5.75 Å². The van der Waals surface area contributed by atoms with Crippen LogP contribution in [0.25, 0.3) is 0 Å². The van der Waals surface area contributed by atoms with Gasteiger partial charge in [0.05, 0.1) is 7.11 Å². The second kappa shape index (κ2) is 6.87. The van der Waals surface area contributed by atoms with Crippen molar-refractivity contribution < 1.29 is 13.9 Å². The van der Waals surface area contributed by atoms with Gasteiger partial charge in [-0.05, 0) is 49.9 Å². The van der Waals surface area contributed by atoms with Gasteiger partial charge in [-0.1, -0.05) is 6.07 Å². The summed E-state index contributed by atoms with van der Waals surface area (Å²) in [5, 5.41) is 3.28. The van der Waals surface area contributed by atoms with E-state index in [1.54, 1.807) is 12.1 Å². The highest BCUT2D eigenvalue weighted by Gasteiger charge is 2.20. The molecule has 4 heteroatoms. The van der Waals surface area contributed by atoms with Crippen LogP contribution in [0.1, 0.15) is 30.9 Å². The monoisotopic (exact) mass is 267 g/mol. The zero-order chi connectivity index (χ0) is 13.7. The molecule has 0 bridgehead atoms.